The van der Waals surface area contributed by atoms with E-state index in [0.29, 0.717) is 6.54 Å². The van der Waals surface area contributed by atoms with Crippen LogP contribution >= 0.6 is 0 Å². The second kappa shape index (κ2) is 6.39. The van der Waals surface area contributed by atoms with Crippen LogP contribution in [0.15, 0.2) is 30.9 Å². The molecule has 18 heavy (non-hydrogen) atoms. The number of hydrogen-bond acceptors (Lipinski definition) is 4. The summed E-state index contributed by atoms with van der Waals surface area (Å²) in [5.74, 6) is -0.264. The van der Waals surface area contributed by atoms with Crippen molar-refractivity contribution in [1.29, 1.82) is 0 Å². The summed E-state index contributed by atoms with van der Waals surface area (Å²) in [6, 6.07) is 4.49. The molecule has 1 rings (SSSR count). The molecular weight excluding hydrogens is 236 g/mol. The van der Waals surface area contributed by atoms with Gasteiger partial charge in [-0.15, -0.1) is 6.58 Å². The number of carbonyl (C=O) groups excluding carboxylic acids is 1. The van der Waals surface area contributed by atoms with Crippen LogP contribution in [0.4, 0.5) is 5.69 Å². The zero-order valence-corrected chi connectivity index (χ0v) is 10.0. The molecule has 0 unspecified atom stereocenters. The standard InChI is InChI=1S/C12H14N2O4/c1-3-6-13-12(15)8-18-11-7-9(2)4-5-10(11)14(16)17/h3-5,7H,1,6,8H2,2H3,(H,13,15). The number of nitrogens with one attached hydrogen (secondary N) is 1. The summed E-state index contributed by atoms with van der Waals surface area (Å²) in [5, 5.41) is 13.3. The molecular formula is C12H14N2O4. The fourth-order valence-corrected chi connectivity index (χ4v) is 1.27. The first-order valence-corrected chi connectivity index (χ1v) is 5.30. The number of carbonyl (C=O) groups is 1. The normalized spacial score (nSPS) is 9.61. The van der Waals surface area contributed by atoms with E-state index in [0.717, 1.165) is 5.56 Å². The van der Waals surface area contributed by atoms with Crippen LogP contribution in [0.2, 0.25) is 0 Å². The van der Waals surface area contributed by atoms with Crippen molar-refractivity contribution < 1.29 is 14.5 Å². The van der Waals surface area contributed by atoms with Gasteiger partial charge in [0.2, 0.25) is 0 Å². The van der Waals surface area contributed by atoms with Gasteiger partial charge in [-0.05, 0) is 18.6 Å². The van der Waals surface area contributed by atoms with Crippen LogP contribution in [0.25, 0.3) is 0 Å². The lowest BCUT2D eigenvalue weighted by Gasteiger charge is -2.07. The fourth-order valence-electron chi connectivity index (χ4n) is 1.27. The number of nitro groups is 1. The van der Waals surface area contributed by atoms with Crippen molar-refractivity contribution in [1.82, 2.24) is 5.32 Å². The first-order chi connectivity index (χ1) is 8.54. The van der Waals surface area contributed by atoms with Crippen molar-refractivity contribution in [3.05, 3.63) is 46.5 Å². The molecule has 0 saturated heterocycles. The molecule has 0 bridgehead atoms. The topological polar surface area (TPSA) is 81.5 Å². The van der Waals surface area contributed by atoms with Crippen molar-refractivity contribution in [3.8, 4) is 5.75 Å². The van der Waals surface area contributed by atoms with Crippen molar-refractivity contribution in [3.63, 3.8) is 0 Å². The average Bonchev–Trinajstić information content (AvgIpc) is 2.33. The third-order valence-corrected chi connectivity index (χ3v) is 2.11. The van der Waals surface area contributed by atoms with E-state index in [4.69, 9.17) is 4.74 Å². The van der Waals surface area contributed by atoms with Gasteiger partial charge < -0.3 is 10.1 Å². The summed E-state index contributed by atoms with van der Waals surface area (Å²) in [7, 11) is 0. The molecule has 0 aliphatic heterocycles. The maximum Gasteiger partial charge on any atom is 0.310 e. The largest absolute Gasteiger partial charge is 0.477 e. The van der Waals surface area contributed by atoms with E-state index in [1.165, 1.54) is 18.2 Å². The quantitative estimate of drug-likeness (QED) is 0.472. The Labute approximate surface area is 104 Å². The minimum atomic E-state index is -0.545. The number of rotatable bonds is 6. The Morgan fingerprint density at radius 3 is 2.94 bits per heavy atom. The minimum absolute atomic E-state index is 0.0914. The number of nitro benzene ring substituents is 1. The molecule has 0 saturated carbocycles. The highest BCUT2D eigenvalue weighted by atomic mass is 16.6. The lowest BCUT2D eigenvalue weighted by molar-refractivity contribution is -0.385. The second-order valence-corrected chi connectivity index (χ2v) is 3.61. The van der Waals surface area contributed by atoms with E-state index in [1.807, 2.05) is 0 Å². The van der Waals surface area contributed by atoms with Gasteiger partial charge in [-0.1, -0.05) is 12.1 Å². The van der Waals surface area contributed by atoms with Crippen LogP contribution in [0.1, 0.15) is 5.56 Å². The number of nitrogens with zero attached hydrogens (tertiary/aromatic N) is 1. The van der Waals surface area contributed by atoms with Gasteiger partial charge in [0.15, 0.2) is 12.4 Å². The zero-order chi connectivity index (χ0) is 13.5. The molecule has 0 aliphatic carbocycles. The number of ether oxygens (including phenoxy) is 1. The Kier molecular flexibility index (Phi) is 4.86. The average molecular weight is 250 g/mol. The van der Waals surface area contributed by atoms with E-state index in [9.17, 15) is 14.9 Å². The third kappa shape index (κ3) is 3.89. The van der Waals surface area contributed by atoms with Crippen LogP contribution in [-0.4, -0.2) is 24.0 Å². The van der Waals surface area contributed by atoms with Gasteiger partial charge in [0.25, 0.3) is 5.91 Å². The van der Waals surface area contributed by atoms with Gasteiger partial charge >= 0.3 is 5.69 Å². The molecule has 6 nitrogen and oxygen atoms in total. The number of amides is 1. The Hall–Kier alpha value is -2.37. The summed E-state index contributed by atoms with van der Waals surface area (Å²) in [6.45, 7) is 5.31. The second-order valence-electron chi connectivity index (χ2n) is 3.61. The summed E-state index contributed by atoms with van der Waals surface area (Å²) < 4.78 is 5.15. The van der Waals surface area contributed by atoms with Crippen molar-refractivity contribution in [2.75, 3.05) is 13.2 Å². The van der Waals surface area contributed by atoms with Crippen molar-refractivity contribution in [2.24, 2.45) is 0 Å². The monoisotopic (exact) mass is 250 g/mol. The molecule has 0 fully saturated rings. The summed E-state index contributed by atoms with van der Waals surface area (Å²) >= 11 is 0. The molecule has 0 heterocycles. The summed E-state index contributed by atoms with van der Waals surface area (Å²) in [4.78, 5) is 21.5. The molecule has 0 aliphatic rings. The summed E-state index contributed by atoms with van der Waals surface area (Å²) in [6.07, 6.45) is 1.53. The van der Waals surface area contributed by atoms with Gasteiger partial charge in [-0.25, -0.2) is 0 Å². The fraction of sp³-hybridized carbons (Fsp3) is 0.250. The van der Waals surface area contributed by atoms with Crippen LogP contribution in [0.3, 0.4) is 0 Å². The number of aryl methyl sites for hydroxylation is 1. The van der Waals surface area contributed by atoms with E-state index < -0.39 is 4.92 Å². The van der Waals surface area contributed by atoms with Crippen LogP contribution in [0, 0.1) is 17.0 Å². The number of hydrogen-bond donors (Lipinski definition) is 1. The van der Waals surface area contributed by atoms with Crippen molar-refractivity contribution >= 4 is 11.6 Å². The molecule has 0 radical (unpaired) electrons. The lowest BCUT2D eigenvalue weighted by atomic mass is 10.2. The van der Waals surface area contributed by atoms with Crippen LogP contribution in [0.5, 0.6) is 5.75 Å². The zero-order valence-electron chi connectivity index (χ0n) is 10.0. The molecule has 1 amide bonds. The molecule has 1 aromatic carbocycles. The lowest BCUT2D eigenvalue weighted by Crippen LogP contribution is -2.28. The molecule has 0 spiro atoms. The van der Waals surface area contributed by atoms with Gasteiger partial charge in [-0.2, -0.15) is 0 Å². The summed E-state index contributed by atoms with van der Waals surface area (Å²) in [5.41, 5.74) is 0.666. The van der Waals surface area contributed by atoms with Gasteiger partial charge in [-0.3, -0.25) is 14.9 Å². The Bertz CT molecular complexity index is 471. The van der Waals surface area contributed by atoms with E-state index in [-0.39, 0.29) is 24.0 Å². The molecule has 1 N–H and O–H groups in total. The van der Waals surface area contributed by atoms with Gasteiger partial charge in [0, 0.05) is 12.6 Å². The highest BCUT2D eigenvalue weighted by Crippen LogP contribution is 2.27. The van der Waals surface area contributed by atoms with Crippen LogP contribution in [-0.2, 0) is 4.79 Å². The van der Waals surface area contributed by atoms with E-state index in [1.54, 1.807) is 13.0 Å². The third-order valence-electron chi connectivity index (χ3n) is 2.11. The highest BCUT2D eigenvalue weighted by Gasteiger charge is 2.15. The molecule has 1 aromatic rings. The number of benzene rings is 1. The molecule has 0 aromatic heterocycles. The van der Waals surface area contributed by atoms with Gasteiger partial charge in [0.05, 0.1) is 4.92 Å². The van der Waals surface area contributed by atoms with Gasteiger partial charge in [0.1, 0.15) is 0 Å². The first kappa shape index (κ1) is 13.7. The SMILES string of the molecule is C=CCNC(=O)COc1cc(C)ccc1[N+](=O)[O-]. The Morgan fingerprint density at radius 1 is 1.61 bits per heavy atom. The maximum atomic E-state index is 11.3. The Balaban J connectivity index is 2.71. The smallest absolute Gasteiger partial charge is 0.310 e. The van der Waals surface area contributed by atoms with Crippen molar-refractivity contribution in [2.45, 2.75) is 6.92 Å². The minimum Gasteiger partial charge on any atom is -0.477 e. The first-order valence-electron chi connectivity index (χ1n) is 5.30. The predicted molar refractivity (Wildman–Crippen MR) is 66.5 cm³/mol. The molecule has 6 heteroatoms. The predicted octanol–water partition coefficient (Wildman–Crippen LogP) is 1.58. The van der Waals surface area contributed by atoms with E-state index in [2.05, 4.69) is 11.9 Å². The molecule has 96 valence electrons. The Morgan fingerprint density at radius 2 is 2.33 bits per heavy atom. The highest BCUT2D eigenvalue weighted by molar-refractivity contribution is 5.77. The van der Waals surface area contributed by atoms with Crippen LogP contribution < -0.4 is 10.1 Å². The maximum absolute atomic E-state index is 11.3. The van der Waals surface area contributed by atoms with E-state index >= 15 is 0 Å². The molecule has 0 atom stereocenters.